The third kappa shape index (κ3) is 4.98. The van der Waals surface area contributed by atoms with Gasteiger partial charge in [0.05, 0.1) is 21.1 Å². The summed E-state index contributed by atoms with van der Waals surface area (Å²) in [5.41, 5.74) is 3.50. The van der Waals surface area contributed by atoms with Gasteiger partial charge in [-0.3, -0.25) is 0 Å². The molecule has 0 spiro atoms. The fraction of sp³-hybridized carbons (Fsp3) is 0.0476. The maximum atomic E-state index is 6.02. The van der Waals surface area contributed by atoms with Gasteiger partial charge in [-0.15, -0.1) is 0 Å². The number of thiocarbonyl (C=S) groups is 1. The Morgan fingerprint density at radius 2 is 1.66 bits per heavy atom. The molecular formula is C21H16Cl2N4OS. The van der Waals surface area contributed by atoms with E-state index in [2.05, 4.69) is 20.6 Å². The Hall–Kier alpha value is -2.80. The van der Waals surface area contributed by atoms with Crippen LogP contribution in [0, 0.1) is 0 Å². The van der Waals surface area contributed by atoms with Crippen LogP contribution >= 0.6 is 35.4 Å². The number of H-pyrrole nitrogens is 1. The number of aromatic nitrogens is 2. The van der Waals surface area contributed by atoms with E-state index in [0.29, 0.717) is 21.8 Å². The first-order valence-electron chi connectivity index (χ1n) is 8.76. The zero-order chi connectivity index (χ0) is 20.2. The van der Waals surface area contributed by atoms with Crippen LogP contribution < -0.4 is 15.4 Å². The van der Waals surface area contributed by atoms with Gasteiger partial charge in [0.15, 0.2) is 5.11 Å². The molecule has 0 bridgehead atoms. The molecule has 0 amide bonds. The van der Waals surface area contributed by atoms with Crippen molar-refractivity contribution in [2.45, 2.75) is 6.61 Å². The molecular weight excluding hydrogens is 427 g/mol. The summed E-state index contributed by atoms with van der Waals surface area (Å²) in [6.07, 6.45) is 0. The molecule has 1 aromatic heterocycles. The normalized spacial score (nSPS) is 10.7. The number of anilines is 2. The van der Waals surface area contributed by atoms with E-state index in [-0.39, 0.29) is 0 Å². The minimum Gasteiger partial charge on any atom is -0.486 e. The third-order valence-corrected chi connectivity index (χ3v) is 5.05. The van der Waals surface area contributed by atoms with E-state index < -0.39 is 0 Å². The second kappa shape index (κ2) is 8.69. The van der Waals surface area contributed by atoms with Crippen LogP contribution in [0.15, 0.2) is 66.7 Å². The number of hydrogen-bond donors (Lipinski definition) is 3. The average molecular weight is 443 g/mol. The summed E-state index contributed by atoms with van der Waals surface area (Å²) >= 11 is 17.3. The first kappa shape index (κ1) is 19.5. The number of rotatable bonds is 5. The summed E-state index contributed by atoms with van der Waals surface area (Å²) in [5.74, 6) is 1.51. The van der Waals surface area contributed by atoms with E-state index >= 15 is 0 Å². The molecule has 5 nitrogen and oxygen atoms in total. The van der Waals surface area contributed by atoms with E-state index in [4.69, 9.17) is 40.2 Å². The van der Waals surface area contributed by atoms with E-state index in [1.165, 1.54) is 0 Å². The minimum absolute atomic E-state index is 0.360. The van der Waals surface area contributed by atoms with Crippen LogP contribution in [0.5, 0.6) is 5.75 Å². The van der Waals surface area contributed by atoms with Crippen molar-refractivity contribution in [2.75, 3.05) is 10.6 Å². The number of benzene rings is 3. The van der Waals surface area contributed by atoms with Gasteiger partial charge < -0.3 is 20.4 Å². The SMILES string of the molecule is S=C(Nc1ccc(OCc2nc3ccccc3[nH]2)cc1)Nc1ccc(Cl)c(Cl)c1. The van der Waals surface area contributed by atoms with Gasteiger partial charge in [0.2, 0.25) is 0 Å². The van der Waals surface area contributed by atoms with Crippen molar-refractivity contribution >= 4 is 62.9 Å². The topological polar surface area (TPSA) is 62.0 Å². The van der Waals surface area contributed by atoms with Crippen LogP contribution in [0.4, 0.5) is 11.4 Å². The zero-order valence-corrected chi connectivity index (χ0v) is 17.4. The minimum atomic E-state index is 0.360. The molecule has 146 valence electrons. The lowest BCUT2D eigenvalue weighted by Crippen LogP contribution is -2.18. The molecule has 0 unspecified atom stereocenters. The number of para-hydroxylation sites is 2. The highest BCUT2D eigenvalue weighted by atomic mass is 35.5. The van der Waals surface area contributed by atoms with Gasteiger partial charge in [0.1, 0.15) is 18.2 Å². The molecule has 0 fully saturated rings. The summed E-state index contributed by atoms with van der Waals surface area (Å²) in [6.45, 7) is 0.360. The number of ether oxygens (including phenoxy) is 1. The van der Waals surface area contributed by atoms with E-state index in [1.54, 1.807) is 18.2 Å². The van der Waals surface area contributed by atoms with E-state index in [9.17, 15) is 0 Å². The van der Waals surface area contributed by atoms with Crippen LogP contribution in [0.1, 0.15) is 5.82 Å². The number of imidazole rings is 1. The summed E-state index contributed by atoms with van der Waals surface area (Å²) in [5, 5.41) is 7.58. The Balaban J connectivity index is 1.32. The van der Waals surface area contributed by atoms with Crippen molar-refractivity contribution in [3.8, 4) is 5.75 Å². The molecule has 8 heteroatoms. The van der Waals surface area contributed by atoms with Gasteiger partial charge in [-0.2, -0.15) is 0 Å². The molecule has 0 aliphatic rings. The highest BCUT2D eigenvalue weighted by molar-refractivity contribution is 7.80. The standard InChI is InChI=1S/C21H16Cl2N4OS/c22-16-10-7-14(11-17(16)23)25-21(29)24-13-5-8-15(9-6-13)28-12-20-26-18-3-1-2-4-19(18)27-20/h1-11H,12H2,(H,26,27)(H2,24,25,29). The van der Waals surface area contributed by atoms with Crippen molar-refractivity contribution in [1.82, 2.24) is 9.97 Å². The van der Waals surface area contributed by atoms with Crippen LogP contribution in [0.2, 0.25) is 10.0 Å². The molecule has 3 aromatic carbocycles. The molecule has 0 aliphatic carbocycles. The molecule has 0 saturated carbocycles. The van der Waals surface area contributed by atoms with Crippen LogP contribution in [-0.4, -0.2) is 15.1 Å². The van der Waals surface area contributed by atoms with Gasteiger partial charge in [-0.05, 0) is 66.8 Å². The van der Waals surface area contributed by atoms with Gasteiger partial charge in [0.25, 0.3) is 0 Å². The Labute approximate surface area is 183 Å². The molecule has 4 aromatic rings. The van der Waals surface area contributed by atoms with Gasteiger partial charge in [0, 0.05) is 11.4 Å². The van der Waals surface area contributed by atoms with Crippen LogP contribution in [-0.2, 0) is 6.61 Å². The lowest BCUT2D eigenvalue weighted by Gasteiger charge is -2.12. The second-order valence-electron chi connectivity index (χ2n) is 6.22. The first-order valence-corrected chi connectivity index (χ1v) is 9.93. The Kier molecular flexibility index (Phi) is 5.85. The average Bonchev–Trinajstić information content (AvgIpc) is 3.13. The summed E-state index contributed by atoms with van der Waals surface area (Å²) in [7, 11) is 0. The summed E-state index contributed by atoms with van der Waals surface area (Å²) in [6, 6.07) is 20.6. The molecule has 0 aliphatic heterocycles. The monoisotopic (exact) mass is 442 g/mol. The van der Waals surface area contributed by atoms with Gasteiger partial charge in [-0.1, -0.05) is 35.3 Å². The van der Waals surface area contributed by atoms with Crippen molar-refractivity contribution in [3.63, 3.8) is 0 Å². The molecule has 29 heavy (non-hydrogen) atoms. The number of hydrogen-bond acceptors (Lipinski definition) is 3. The quantitative estimate of drug-likeness (QED) is 0.318. The van der Waals surface area contributed by atoms with E-state index in [0.717, 1.165) is 34.0 Å². The van der Waals surface area contributed by atoms with Gasteiger partial charge in [-0.25, -0.2) is 4.98 Å². The summed E-state index contributed by atoms with van der Waals surface area (Å²) < 4.78 is 5.80. The number of nitrogens with zero attached hydrogens (tertiary/aromatic N) is 1. The lowest BCUT2D eigenvalue weighted by molar-refractivity contribution is 0.297. The molecule has 3 N–H and O–H groups in total. The largest absolute Gasteiger partial charge is 0.486 e. The van der Waals surface area contributed by atoms with Crippen molar-refractivity contribution in [2.24, 2.45) is 0 Å². The maximum Gasteiger partial charge on any atom is 0.175 e. The fourth-order valence-corrected chi connectivity index (χ4v) is 3.26. The summed E-state index contributed by atoms with van der Waals surface area (Å²) in [4.78, 5) is 7.74. The fourth-order valence-electron chi connectivity index (χ4n) is 2.73. The van der Waals surface area contributed by atoms with Crippen LogP contribution in [0.3, 0.4) is 0 Å². The van der Waals surface area contributed by atoms with E-state index in [1.807, 2.05) is 48.5 Å². The maximum absolute atomic E-state index is 6.02. The highest BCUT2D eigenvalue weighted by Crippen LogP contribution is 2.25. The molecule has 0 radical (unpaired) electrons. The molecule has 0 saturated heterocycles. The zero-order valence-electron chi connectivity index (χ0n) is 15.1. The Morgan fingerprint density at radius 3 is 2.41 bits per heavy atom. The predicted molar refractivity (Wildman–Crippen MR) is 123 cm³/mol. The number of nitrogens with one attached hydrogen (secondary N) is 3. The molecule has 0 atom stereocenters. The van der Waals surface area contributed by atoms with Crippen molar-refractivity contribution < 1.29 is 4.74 Å². The second-order valence-corrected chi connectivity index (χ2v) is 7.44. The third-order valence-electron chi connectivity index (χ3n) is 4.10. The Bertz CT molecular complexity index is 1130. The Morgan fingerprint density at radius 1 is 0.931 bits per heavy atom. The number of fused-ring (bicyclic) bond motifs is 1. The first-order chi connectivity index (χ1) is 14.1. The van der Waals surface area contributed by atoms with Crippen LogP contribution in [0.25, 0.3) is 11.0 Å². The van der Waals surface area contributed by atoms with Crippen molar-refractivity contribution in [1.29, 1.82) is 0 Å². The highest BCUT2D eigenvalue weighted by Gasteiger charge is 2.05. The molecule has 4 rings (SSSR count). The van der Waals surface area contributed by atoms with Gasteiger partial charge >= 0.3 is 0 Å². The molecule has 1 heterocycles. The van der Waals surface area contributed by atoms with Crippen molar-refractivity contribution in [3.05, 3.63) is 82.6 Å². The number of aromatic amines is 1. The smallest absolute Gasteiger partial charge is 0.175 e. The predicted octanol–water partition coefficient (Wildman–Crippen LogP) is 6.26. The lowest BCUT2D eigenvalue weighted by atomic mass is 10.3. The number of halogens is 2.